The lowest BCUT2D eigenvalue weighted by Gasteiger charge is -2.07. The highest BCUT2D eigenvalue weighted by Gasteiger charge is 2.07. The Kier molecular flexibility index (Phi) is 3.24. The molecule has 0 fully saturated rings. The lowest BCUT2D eigenvalue weighted by atomic mass is 10.2. The van der Waals surface area contributed by atoms with Gasteiger partial charge in [-0.3, -0.25) is 4.79 Å². The first-order chi connectivity index (χ1) is 4.52. The molecule has 0 rings (SSSR count). The van der Waals surface area contributed by atoms with E-state index in [1.54, 1.807) is 6.92 Å². The average Bonchev–Trinajstić information content (AvgIpc) is 1.58. The molecule has 2 amide bonds. The van der Waals surface area contributed by atoms with Crippen molar-refractivity contribution in [3.63, 3.8) is 0 Å². The first-order valence-electron chi connectivity index (χ1n) is 2.80. The molecule has 0 heterocycles. The van der Waals surface area contributed by atoms with Crippen LogP contribution in [-0.4, -0.2) is 23.1 Å². The SMILES string of the molecule is CC(CC(=O)O)NC(N)=O. The number of aliphatic carboxylic acids is 1. The molecule has 0 saturated carbocycles. The molecule has 0 aromatic heterocycles. The van der Waals surface area contributed by atoms with Crippen LogP contribution in [0.4, 0.5) is 4.79 Å². The first-order valence-corrected chi connectivity index (χ1v) is 2.80. The van der Waals surface area contributed by atoms with Crippen molar-refractivity contribution in [3.05, 3.63) is 0 Å². The molecule has 58 valence electrons. The molecular weight excluding hydrogens is 136 g/mol. The van der Waals surface area contributed by atoms with Crippen LogP contribution in [0.2, 0.25) is 0 Å². The third-order valence-electron chi connectivity index (χ3n) is 0.869. The van der Waals surface area contributed by atoms with Crippen molar-refractivity contribution >= 4 is 12.0 Å². The van der Waals surface area contributed by atoms with Crippen molar-refractivity contribution in [2.24, 2.45) is 5.73 Å². The van der Waals surface area contributed by atoms with E-state index in [0.29, 0.717) is 0 Å². The fourth-order valence-corrected chi connectivity index (χ4v) is 0.556. The maximum absolute atomic E-state index is 10.1. The number of hydrogen-bond acceptors (Lipinski definition) is 2. The van der Waals surface area contributed by atoms with E-state index in [1.165, 1.54) is 0 Å². The summed E-state index contributed by atoms with van der Waals surface area (Å²) in [5.74, 6) is -0.957. The fraction of sp³-hybridized carbons (Fsp3) is 0.600. The molecule has 0 aliphatic rings. The third kappa shape index (κ3) is 4.89. The summed E-state index contributed by atoms with van der Waals surface area (Å²) in [6, 6.07) is -1.11. The van der Waals surface area contributed by atoms with Crippen LogP contribution in [0.25, 0.3) is 0 Å². The van der Waals surface area contributed by atoms with E-state index < -0.39 is 18.0 Å². The molecule has 0 aromatic carbocycles. The van der Waals surface area contributed by atoms with Crippen LogP contribution >= 0.6 is 0 Å². The van der Waals surface area contributed by atoms with Crippen molar-refractivity contribution in [2.75, 3.05) is 0 Å². The zero-order valence-electron chi connectivity index (χ0n) is 5.63. The molecule has 0 aliphatic heterocycles. The number of carbonyl (C=O) groups is 2. The number of nitrogens with two attached hydrogens (primary N) is 1. The van der Waals surface area contributed by atoms with Gasteiger partial charge in [0.2, 0.25) is 0 Å². The highest BCUT2D eigenvalue weighted by molar-refractivity contribution is 5.73. The van der Waals surface area contributed by atoms with Crippen molar-refractivity contribution in [2.45, 2.75) is 19.4 Å². The Morgan fingerprint density at radius 2 is 2.20 bits per heavy atom. The van der Waals surface area contributed by atoms with Gasteiger partial charge in [0.05, 0.1) is 6.42 Å². The van der Waals surface area contributed by atoms with Gasteiger partial charge >= 0.3 is 12.0 Å². The normalized spacial score (nSPS) is 12.1. The van der Waals surface area contributed by atoms with Gasteiger partial charge in [0, 0.05) is 6.04 Å². The van der Waals surface area contributed by atoms with E-state index in [0.717, 1.165) is 0 Å². The Labute approximate surface area is 58.2 Å². The average molecular weight is 146 g/mol. The van der Waals surface area contributed by atoms with Crippen molar-refractivity contribution in [1.82, 2.24) is 5.32 Å². The van der Waals surface area contributed by atoms with Gasteiger partial charge < -0.3 is 16.2 Å². The van der Waals surface area contributed by atoms with Gasteiger partial charge in [-0.05, 0) is 6.92 Å². The molecule has 1 atom stereocenters. The molecule has 4 N–H and O–H groups in total. The quantitative estimate of drug-likeness (QED) is 0.502. The van der Waals surface area contributed by atoms with Crippen LogP contribution in [0.3, 0.4) is 0 Å². The largest absolute Gasteiger partial charge is 0.481 e. The second-order valence-corrected chi connectivity index (χ2v) is 2.01. The summed E-state index contributed by atoms with van der Waals surface area (Å²) in [5.41, 5.74) is 4.73. The predicted octanol–water partition coefficient (Wildman–Crippen LogP) is -0.482. The van der Waals surface area contributed by atoms with Crippen LogP contribution < -0.4 is 11.1 Å². The number of carbonyl (C=O) groups excluding carboxylic acids is 1. The highest BCUT2D eigenvalue weighted by Crippen LogP contribution is 1.88. The van der Waals surface area contributed by atoms with Crippen molar-refractivity contribution in [1.29, 1.82) is 0 Å². The second-order valence-electron chi connectivity index (χ2n) is 2.01. The number of primary amides is 1. The maximum atomic E-state index is 10.1. The Balaban J connectivity index is 3.53. The Hall–Kier alpha value is -1.26. The third-order valence-corrected chi connectivity index (χ3v) is 0.869. The summed E-state index contributed by atoms with van der Waals surface area (Å²) in [7, 11) is 0. The molecule has 1 unspecified atom stereocenters. The van der Waals surface area contributed by atoms with Gasteiger partial charge in [0.25, 0.3) is 0 Å². The Morgan fingerprint density at radius 3 is 2.50 bits per heavy atom. The predicted molar refractivity (Wildman–Crippen MR) is 34.4 cm³/mol. The topological polar surface area (TPSA) is 92.4 Å². The van der Waals surface area contributed by atoms with Gasteiger partial charge in [0.1, 0.15) is 0 Å². The number of amides is 2. The van der Waals surface area contributed by atoms with Crippen molar-refractivity contribution in [3.8, 4) is 0 Å². The number of urea groups is 1. The smallest absolute Gasteiger partial charge is 0.312 e. The molecule has 5 nitrogen and oxygen atoms in total. The zero-order chi connectivity index (χ0) is 8.15. The zero-order valence-corrected chi connectivity index (χ0v) is 5.63. The molecule has 10 heavy (non-hydrogen) atoms. The minimum atomic E-state index is -0.957. The van der Waals surface area contributed by atoms with E-state index in [1.807, 2.05) is 0 Å². The van der Waals surface area contributed by atoms with Crippen LogP contribution in [0.1, 0.15) is 13.3 Å². The van der Waals surface area contributed by atoms with Gasteiger partial charge in [0.15, 0.2) is 0 Å². The fourth-order valence-electron chi connectivity index (χ4n) is 0.556. The lowest BCUT2D eigenvalue weighted by molar-refractivity contribution is -0.137. The maximum Gasteiger partial charge on any atom is 0.312 e. The van der Waals surface area contributed by atoms with Gasteiger partial charge in [-0.25, -0.2) is 4.79 Å². The summed E-state index contributed by atoms with van der Waals surface area (Å²) >= 11 is 0. The van der Waals surface area contributed by atoms with Gasteiger partial charge in [-0.2, -0.15) is 0 Å². The van der Waals surface area contributed by atoms with Crippen LogP contribution in [0.5, 0.6) is 0 Å². The molecule has 0 bridgehead atoms. The van der Waals surface area contributed by atoms with E-state index >= 15 is 0 Å². The molecule has 0 spiro atoms. The van der Waals surface area contributed by atoms with E-state index in [4.69, 9.17) is 10.8 Å². The number of hydrogen-bond donors (Lipinski definition) is 3. The minimum Gasteiger partial charge on any atom is -0.481 e. The van der Waals surface area contributed by atoms with Crippen LogP contribution in [0, 0.1) is 0 Å². The monoisotopic (exact) mass is 146 g/mol. The van der Waals surface area contributed by atoms with E-state index in [2.05, 4.69) is 5.32 Å². The lowest BCUT2D eigenvalue weighted by Crippen LogP contribution is -2.37. The molecule has 0 aromatic rings. The summed E-state index contributed by atoms with van der Waals surface area (Å²) in [6.45, 7) is 1.57. The number of rotatable bonds is 3. The Bertz CT molecular complexity index is 130. The van der Waals surface area contributed by atoms with Gasteiger partial charge in [-0.1, -0.05) is 0 Å². The second kappa shape index (κ2) is 3.71. The van der Waals surface area contributed by atoms with E-state index in [-0.39, 0.29) is 6.42 Å². The minimum absolute atomic E-state index is 0.108. The number of carboxylic acids is 1. The summed E-state index contributed by atoms with van der Waals surface area (Å²) < 4.78 is 0. The van der Waals surface area contributed by atoms with E-state index in [9.17, 15) is 9.59 Å². The van der Waals surface area contributed by atoms with Crippen molar-refractivity contribution < 1.29 is 14.7 Å². The standard InChI is InChI=1S/C5H10N2O3/c1-3(2-4(8)9)7-5(6)10/h3H,2H2,1H3,(H,8,9)(H3,6,7,10). The molecule has 0 aliphatic carbocycles. The summed E-state index contributed by atoms with van der Waals surface area (Å²) in [4.78, 5) is 20.1. The molecular formula is C5H10N2O3. The summed E-state index contributed by atoms with van der Waals surface area (Å²) in [5, 5.41) is 10.4. The van der Waals surface area contributed by atoms with Crippen LogP contribution in [0.15, 0.2) is 0 Å². The van der Waals surface area contributed by atoms with Crippen LogP contribution in [-0.2, 0) is 4.79 Å². The highest BCUT2D eigenvalue weighted by atomic mass is 16.4. The molecule has 5 heteroatoms. The Morgan fingerprint density at radius 1 is 1.70 bits per heavy atom. The molecule has 0 saturated heterocycles. The first kappa shape index (κ1) is 8.74. The number of nitrogens with one attached hydrogen (secondary N) is 1. The number of carboxylic acid groups (broad SMARTS) is 1. The van der Waals surface area contributed by atoms with Gasteiger partial charge in [-0.15, -0.1) is 0 Å². The summed E-state index contributed by atoms with van der Waals surface area (Å²) in [6.07, 6.45) is -0.108. The molecule has 0 radical (unpaired) electrons.